The summed E-state index contributed by atoms with van der Waals surface area (Å²) in [4.78, 5) is 20.0. The maximum absolute atomic E-state index is 10.5. The molecule has 0 unspecified atom stereocenters. The molecule has 1 heterocycles. The SMILES string of the molecule is C=CCN(CC(=O)O)c1cnccn1. The number of aromatic nitrogens is 2. The Hall–Kier alpha value is -1.91. The van der Waals surface area contributed by atoms with Gasteiger partial charge in [0.25, 0.3) is 0 Å². The number of nitrogens with zero attached hydrogens (tertiary/aromatic N) is 3. The normalized spacial score (nSPS) is 9.43. The molecule has 5 heteroatoms. The molecule has 0 saturated heterocycles. The van der Waals surface area contributed by atoms with Crippen molar-refractivity contribution in [2.75, 3.05) is 18.0 Å². The predicted octanol–water partition coefficient (Wildman–Crippen LogP) is 0.554. The van der Waals surface area contributed by atoms with E-state index in [1.165, 1.54) is 18.6 Å². The van der Waals surface area contributed by atoms with E-state index in [4.69, 9.17) is 5.11 Å². The van der Waals surface area contributed by atoms with Crippen LogP contribution < -0.4 is 4.90 Å². The third-order valence-corrected chi connectivity index (χ3v) is 1.55. The zero-order valence-electron chi connectivity index (χ0n) is 7.63. The lowest BCUT2D eigenvalue weighted by Crippen LogP contribution is -2.30. The Labute approximate surface area is 81.7 Å². The number of carboxylic acid groups (broad SMARTS) is 1. The van der Waals surface area contributed by atoms with Crippen molar-refractivity contribution in [2.24, 2.45) is 0 Å². The average molecular weight is 193 g/mol. The summed E-state index contributed by atoms with van der Waals surface area (Å²) in [6, 6.07) is 0. The van der Waals surface area contributed by atoms with Crippen LogP contribution in [-0.4, -0.2) is 34.1 Å². The van der Waals surface area contributed by atoms with Crippen molar-refractivity contribution < 1.29 is 9.90 Å². The van der Waals surface area contributed by atoms with Crippen LogP contribution in [0.15, 0.2) is 31.2 Å². The topological polar surface area (TPSA) is 66.3 Å². The van der Waals surface area contributed by atoms with Gasteiger partial charge in [0.2, 0.25) is 0 Å². The first kappa shape index (κ1) is 10.2. The summed E-state index contributed by atoms with van der Waals surface area (Å²) in [5, 5.41) is 8.65. The molecule has 0 atom stereocenters. The molecule has 1 aromatic rings. The summed E-state index contributed by atoms with van der Waals surface area (Å²) in [6.45, 7) is 3.88. The monoisotopic (exact) mass is 193 g/mol. The average Bonchev–Trinajstić information content (AvgIpc) is 2.18. The van der Waals surface area contributed by atoms with Crippen molar-refractivity contribution >= 4 is 11.8 Å². The Morgan fingerprint density at radius 3 is 2.93 bits per heavy atom. The highest BCUT2D eigenvalue weighted by atomic mass is 16.4. The van der Waals surface area contributed by atoms with E-state index in [9.17, 15) is 4.79 Å². The van der Waals surface area contributed by atoms with Crippen LogP contribution in [0.25, 0.3) is 0 Å². The number of aliphatic carboxylic acids is 1. The van der Waals surface area contributed by atoms with Crippen LogP contribution in [0.1, 0.15) is 0 Å². The largest absolute Gasteiger partial charge is 0.480 e. The van der Waals surface area contributed by atoms with Crippen LogP contribution in [0.5, 0.6) is 0 Å². The maximum atomic E-state index is 10.5. The van der Waals surface area contributed by atoms with E-state index < -0.39 is 5.97 Å². The molecule has 0 aliphatic heterocycles. The van der Waals surface area contributed by atoms with E-state index in [0.717, 1.165) is 0 Å². The van der Waals surface area contributed by atoms with Crippen LogP contribution in [-0.2, 0) is 4.79 Å². The fraction of sp³-hybridized carbons (Fsp3) is 0.222. The maximum Gasteiger partial charge on any atom is 0.323 e. The molecule has 0 aromatic carbocycles. The minimum atomic E-state index is -0.905. The van der Waals surface area contributed by atoms with Crippen molar-refractivity contribution in [2.45, 2.75) is 0 Å². The van der Waals surface area contributed by atoms with E-state index in [1.807, 2.05) is 0 Å². The van der Waals surface area contributed by atoms with E-state index in [2.05, 4.69) is 16.5 Å². The Balaban J connectivity index is 2.77. The third-order valence-electron chi connectivity index (χ3n) is 1.55. The second-order valence-corrected chi connectivity index (χ2v) is 2.63. The molecule has 5 nitrogen and oxygen atoms in total. The Kier molecular flexibility index (Phi) is 3.60. The molecule has 0 amide bonds. The minimum Gasteiger partial charge on any atom is -0.480 e. The summed E-state index contributed by atoms with van der Waals surface area (Å²) in [7, 11) is 0. The van der Waals surface area contributed by atoms with E-state index in [1.54, 1.807) is 11.0 Å². The third kappa shape index (κ3) is 2.85. The van der Waals surface area contributed by atoms with Gasteiger partial charge in [0.05, 0.1) is 6.20 Å². The van der Waals surface area contributed by atoms with Gasteiger partial charge in [0, 0.05) is 18.9 Å². The van der Waals surface area contributed by atoms with Crippen LogP contribution in [0.4, 0.5) is 5.82 Å². The molecule has 1 N–H and O–H groups in total. The zero-order chi connectivity index (χ0) is 10.4. The second-order valence-electron chi connectivity index (χ2n) is 2.63. The Morgan fingerprint density at radius 1 is 1.64 bits per heavy atom. The first-order valence-electron chi connectivity index (χ1n) is 4.07. The van der Waals surface area contributed by atoms with E-state index in [-0.39, 0.29) is 6.54 Å². The van der Waals surface area contributed by atoms with Crippen molar-refractivity contribution in [3.8, 4) is 0 Å². The zero-order valence-corrected chi connectivity index (χ0v) is 7.63. The molecular formula is C9H11N3O2. The van der Waals surface area contributed by atoms with Crippen molar-refractivity contribution in [1.29, 1.82) is 0 Å². The van der Waals surface area contributed by atoms with Gasteiger partial charge in [-0.15, -0.1) is 6.58 Å². The number of carbonyl (C=O) groups is 1. The molecule has 14 heavy (non-hydrogen) atoms. The summed E-state index contributed by atoms with van der Waals surface area (Å²) in [5.74, 6) is -0.368. The van der Waals surface area contributed by atoms with Gasteiger partial charge in [-0.25, -0.2) is 4.98 Å². The molecule has 0 fully saturated rings. The number of hydrogen-bond acceptors (Lipinski definition) is 4. The first-order chi connectivity index (χ1) is 6.74. The molecular weight excluding hydrogens is 182 g/mol. The highest BCUT2D eigenvalue weighted by Crippen LogP contribution is 2.06. The van der Waals surface area contributed by atoms with Gasteiger partial charge in [-0.1, -0.05) is 6.08 Å². The van der Waals surface area contributed by atoms with Gasteiger partial charge < -0.3 is 10.0 Å². The quantitative estimate of drug-likeness (QED) is 0.692. The number of carboxylic acids is 1. The summed E-state index contributed by atoms with van der Waals surface area (Å²) < 4.78 is 0. The minimum absolute atomic E-state index is 0.106. The smallest absolute Gasteiger partial charge is 0.323 e. The van der Waals surface area contributed by atoms with Gasteiger partial charge in [-0.05, 0) is 0 Å². The van der Waals surface area contributed by atoms with Crippen molar-refractivity contribution in [3.05, 3.63) is 31.2 Å². The molecule has 0 bridgehead atoms. The fourth-order valence-corrected chi connectivity index (χ4v) is 1.01. The lowest BCUT2D eigenvalue weighted by atomic mass is 10.4. The molecule has 0 spiro atoms. The lowest BCUT2D eigenvalue weighted by Gasteiger charge is -2.18. The highest BCUT2D eigenvalue weighted by Gasteiger charge is 2.09. The Morgan fingerprint density at radius 2 is 2.43 bits per heavy atom. The second kappa shape index (κ2) is 4.96. The standard InChI is InChI=1S/C9H11N3O2/c1-2-5-12(7-9(13)14)8-6-10-3-4-11-8/h2-4,6H,1,5,7H2,(H,13,14). The number of anilines is 1. The van der Waals surface area contributed by atoms with E-state index in [0.29, 0.717) is 12.4 Å². The summed E-state index contributed by atoms with van der Waals surface area (Å²) in [6.07, 6.45) is 6.20. The van der Waals surface area contributed by atoms with Gasteiger partial charge >= 0.3 is 5.97 Å². The molecule has 1 aromatic heterocycles. The van der Waals surface area contributed by atoms with Crippen LogP contribution in [0, 0.1) is 0 Å². The lowest BCUT2D eigenvalue weighted by molar-refractivity contribution is -0.135. The van der Waals surface area contributed by atoms with Gasteiger partial charge in [-0.2, -0.15) is 0 Å². The van der Waals surface area contributed by atoms with Gasteiger partial charge in [-0.3, -0.25) is 9.78 Å². The van der Waals surface area contributed by atoms with Crippen molar-refractivity contribution in [1.82, 2.24) is 9.97 Å². The van der Waals surface area contributed by atoms with Gasteiger partial charge in [0.15, 0.2) is 0 Å². The number of rotatable bonds is 5. The molecule has 0 aliphatic rings. The van der Waals surface area contributed by atoms with Crippen molar-refractivity contribution in [3.63, 3.8) is 0 Å². The molecule has 0 radical (unpaired) electrons. The van der Waals surface area contributed by atoms with Crippen LogP contribution in [0.3, 0.4) is 0 Å². The fourth-order valence-electron chi connectivity index (χ4n) is 1.01. The first-order valence-corrected chi connectivity index (χ1v) is 4.07. The van der Waals surface area contributed by atoms with Crippen LogP contribution in [0.2, 0.25) is 0 Å². The van der Waals surface area contributed by atoms with Gasteiger partial charge in [0.1, 0.15) is 12.4 Å². The number of hydrogen-bond donors (Lipinski definition) is 1. The molecule has 74 valence electrons. The molecule has 0 saturated carbocycles. The highest BCUT2D eigenvalue weighted by molar-refractivity contribution is 5.73. The van der Waals surface area contributed by atoms with E-state index >= 15 is 0 Å². The summed E-state index contributed by atoms with van der Waals surface area (Å²) in [5.41, 5.74) is 0. The molecule has 1 rings (SSSR count). The summed E-state index contributed by atoms with van der Waals surface area (Å²) >= 11 is 0. The Bertz CT molecular complexity index is 313. The molecule has 0 aliphatic carbocycles. The predicted molar refractivity (Wildman–Crippen MR) is 52.1 cm³/mol. The van der Waals surface area contributed by atoms with Crippen LogP contribution >= 0.6 is 0 Å².